The molecule has 4 nitrogen and oxygen atoms in total. The third kappa shape index (κ3) is 2.15. The number of H-pyrrole nitrogens is 1. The van der Waals surface area contributed by atoms with Gasteiger partial charge in [0.05, 0.1) is 5.39 Å². The minimum atomic E-state index is 0.0363. The first-order chi connectivity index (χ1) is 8.75. The molecule has 0 aromatic carbocycles. The van der Waals surface area contributed by atoms with Crippen LogP contribution in [0.2, 0.25) is 0 Å². The van der Waals surface area contributed by atoms with Gasteiger partial charge in [0.15, 0.2) is 4.77 Å². The summed E-state index contributed by atoms with van der Waals surface area (Å²) in [6.07, 6.45) is 2.54. The van der Waals surface area contributed by atoms with Gasteiger partial charge in [-0.25, -0.2) is 0 Å². The van der Waals surface area contributed by atoms with Crippen LogP contribution in [-0.4, -0.2) is 34.1 Å². The molecule has 0 unspecified atom stereocenters. The van der Waals surface area contributed by atoms with Crippen molar-refractivity contribution in [1.29, 1.82) is 0 Å². The van der Waals surface area contributed by atoms with Crippen molar-refractivity contribution in [3.63, 3.8) is 0 Å². The van der Waals surface area contributed by atoms with Gasteiger partial charge >= 0.3 is 0 Å². The number of likely N-dealkylation sites (tertiary alicyclic amines) is 1. The molecule has 96 valence electrons. The van der Waals surface area contributed by atoms with Gasteiger partial charge in [-0.2, -0.15) is 0 Å². The third-order valence-electron chi connectivity index (χ3n) is 3.44. The second kappa shape index (κ2) is 4.95. The maximum Gasteiger partial charge on any atom is 0.263 e. The maximum atomic E-state index is 12.3. The number of aromatic amines is 1. The largest absolute Gasteiger partial charge is 0.323 e. The number of aromatic nitrogens is 2. The van der Waals surface area contributed by atoms with E-state index in [9.17, 15) is 4.79 Å². The van der Waals surface area contributed by atoms with Crippen LogP contribution < -0.4 is 5.56 Å². The van der Waals surface area contributed by atoms with Crippen molar-refractivity contribution >= 4 is 33.8 Å². The first-order valence-electron chi connectivity index (χ1n) is 6.18. The molecule has 2 aromatic rings. The highest BCUT2D eigenvalue weighted by Crippen LogP contribution is 2.14. The summed E-state index contributed by atoms with van der Waals surface area (Å²) in [5, 5.41) is 2.66. The molecule has 1 aliphatic heterocycles. The zero-order chi connectivity index (χ0) is 12.5. The molecule has 0 amide bonds. The molecule has 0 spiro atoms. The van der Waals surface area contributed by atoms with Gasteiger partial charge in [0.2, 0.25) is 0 Å². The lowest BCUT2D eigenvalue weighted by atomic mass is 10.4. The Morgan fingerprint density at radius 1 is 1.33 bits per heavy atom. The Balaban J connectivity index is 1.90. The number of nitrogens with zero attached hydrogens (tertiary/aromatic N) is 2. The fourth-order valence-electron chi connectivity index (χ4n) is 2.43. The molecule has 0 bridgehead atoms. The first kappa shape index (κ1) is 12.1. The van der Waals surface area contributed by atoms with E-state index in [4.69, 9.17) is 12.2 Å². The predicted molar refractivity (Wildman–Crippen MR) is 76.9 cm³/mol. The minimum Gasteiger partial charge on any atom is -0.323 e. The maximum absolute atomic E-state index is 12.3. The normalized spacial score (nSPS) is 16.7. The Bertz CT molecular complexity index is 664. The molecule has 3 rings (SSSR count). The van der Waals surface area contributed by atoms with Crippen LogP contribution >= 0.6 is 23.6 Å². The van der Waals surface area contributed by atoms with Crippen LogP contribution in [0.5, 0.6) is 0 Å². The molecule has 6 heteroatoms. The number of hydrogen-bond acceptors (Lipinski definition) is 4. The number of thiophene rings is 1. The van der Waals surface area contributed by atoms with Crippen molar-refractivity contribution in [2.24, 2.45) is 0 Å². The van der Waals surface area contributed by atoms with Crippen molar-refractivity contribution in [2.75, 3.05) is 19.6 Å². The minimum absolute atomic E-state index is 0.0363. The highest BCUT2D eigenvalue weighted by molar-refractivity contribution is 7.71. The van der Waals surface area contributed by atoms with E-state index < -0.39 is 0 Å². The molecule has 0 aliphatic carbocycles. The lowest BCUT2D eigenvalue weighted by Gasteiger charge is -2.15. The Kier molecular flexibility index (Phi) is 3.32. The van der Waals surface area contributed by atoms with E-state index >= 15 is 0 Å². The first-order valence-corrected chi connectivity index (χ1v) is 7.47. The molecule has 3 heterocycles. The van der Waals surface area contributed by atoms with Crippen LogP contribution in [0.25, 0.3) is 10.2 Å². The Hall–Kier alpha value is -0.980. The summed E-state index contributed by atoms with van der Waals surface area (Å²) < 4.78 is 2.22. The van der Waals surface area contributed by atoms with Gasteiger partial charge in [-0.1, -0.05) is 0 Å². The molecule has 0 saturated carbocycles. The van der Waals surface area contributed by atoms with Crippen LogP contribution in [0.4, 0.5) is 0 Å². The van der Waals surface area contributed by atoms with E-state index in [0.29, 0.717) is 11.3 Å². The third-order valence-corrected chi connectivity index (χ3v) is 4.60. The molecule has 0 atom stereocenters. The van der Waals surface area contributed by atoms with E-state index in [2.05, 4.69) is 9.88 Å². The topological polar surface area (TPSA) is 41.0 Å². The smallest absolute Gasteiger partial charge is 0.263 e. The number of nitrogens with one attached hydrogen (secondary N) is 1. The van der Waals surface area contributed by atoms with Crippen LogP contribution in [0, 0.1) is 4.77 Å². The van der Waals surface area contributed by atoms with Crippen LogP contribution in [0.1, 0.15) is 12.8 Å². The van der Waals surface area contributed by atoms with Crippen molar-refractivity contribution < 1.29 is 0 Å². The molecular formula is C12H15N3OS2. The average Bonchev–Trinajstić information content (AvgIpc) is 2.98. The molecular weight excluding hydrogens is 266 g/mol. The molecule has 1 saturated heterocycles. The van der Waals surface area contributed by atoms with Gasteiger partial charge in [-0.15, -0.1) is 11.3 Å². The fraction of sp³-hybridized carbons (Fsp3) is 0.500. The van der Waals surface area contributed by atoms with Crippen LogP contribution in [-0.2, 0) is 6.54 Å². The molecule has 2 aromatic heterocycles. The molecule has 0 radical (unpaired) electrons. The summed E-state index contributed by atoms with van der Waals surface area (Å²) in [5.41, 5.74) is 0.0363. The van der Waals surface area contributed by atoms with Crippen molar-refractivity contribution in [2.45, 2.75) is 19.4 Å². The standard InChI is InChI=1S/C12H15N3OS2/c16-11-9-3-8-18-10(9)13-12(17)15(11)7-6-14-4-1-2-5-14/h3,8H,1-2,4-7H2,(H,13,17). The summed E-state index contributed by atoms with van der Waals surface area (Å²) in [6, 6.07) is 1.86. The molecule has 18 heavy (non-hydrogen) atoms. The van der Waals surface area contributed by atoms with Crippen molar-refractivity contribution in [3.8, 4) is 0 Å². The number of rotatable bonds is 3. The Labute approximate surface area is 114 Å². The van der Waals surface area contributed by atoms with Gasteiger partial charge in [-0.3, -0.25) is 9.36 Å². The highest BCUT2D eigenvalue weighted by atomic mass is 32.1. The second-order valence-electron chi connectivity index (χ2n) is 4.60. The monoisotopic (exact) mass is 281 g/mol. The average molecular weight is 281 g/mol. The quantitative estimate of drug-likeness (QED) is 0.877. The van der Waals surface area contributed by atoms with Gasteiger partial charge in [0.1, 0.15) is 4.83 Å². The molecule has 1 aliphatic rings. The van der Waals surface area contributed by atoms with Gasteiger partial charge in [-0.05, 0) is 49.6 Å². The number of hydrogen-bond donors (Lipinski definition) is 1. The Morgan fingerprint density at radius 3 is 2.89 bits per heavy atom. The highest BCUT2D eigenvalue weighted by Gasteiger charge is 2.12. The van der Waals surface area contributed by atoms with E-state index in [0.717, 1.165) is 29.9 Å². The molecule has 1 N–H and O–H groups in total. The van der Waals surface area contributed by atoms with E-state index in [-0.39, 0.29) is 5.56 Å². The van der Waals surface area contributed by atoms with Gasteiger partial charge in [0, 0.05) is 13.1 Å². The van der Waals surface area contributed by atoms with Gasteiger partial charge < -0.3 is 9.88 Å². The van der Waals surface area contributed by atoms with Crippen molar-refractivity contribution in [1.82, 2.24) is 14.5 Å². The molecule has 1 fully saturated rings. The fourth-order valence-corrected chi connectivity index (χ4v) is 3.55. The lowest BCUT2D eigenvalue weighted by molar-refractivity contribution is 0.319. The van der Waals surface area contributed by atoms with Gasteiger partial charge in [0.25, 0.3) is 5.56 Å². The Morgan fingerprint density at radius 2 is 2.11 bits per heavy atom. The summed E-state index contributed by atoms with van der Waals surface area (Å²) in [7, 11) is 0. The second-order valence-corrected chi connectivity index (χ2v) is 5.90. The van der Waals surface area contributed by atoms with Crippen LogP contribution in [0.15, 0.2) is 16.2 Å². The van der Waals surface area contributed by atoms with Crippen LogP contribution in [0.3, 0.4) is 0 Å². The summed E-state index contributed by atoms with van der Waals surface area (Å²) in [6.45, 7) is 3.88. The summed E-state index contributed by atoms with van der Waals surface area (Å²) >= 11 is 6.79. The SMILES string of the molecule is O=c1c2ccsc2[nH]c(=S)n1CCN1CCCC1. The summed E-state index contributed by atoms with van der Waals surface area (Å²) in [4.78, 5) is 18.7. The zero-order valence-corrected chi connectivity index (χ0v) is 11.6. The lowest BCUT2D eigenvalue weighted by Crippen LogP contribution is -2.30. The van der Waals surface area contributed by atoms with Crippen molar-refractivity contribution in [3.05, 3.63) is 26.6 Å². The van der Waals surface area contributed by atoms with E-state index in [1.807, 2.05) is 11.4 Å². The predicted octanol–water partition coefficient (Wildman–Crippen LogP) is 2.22. The van der Waals surface area contributed by atoms with E-state index in [1.165, 1.54) is 24.2 Å². The number of fused-ring (bicyclic) bond motifs is 1. The zero-order valence-electron chi connectivity index (χ0n) is 10.0. The summed E-state index contributed by atoms with van der Waals surface area (Å²) in [5.74, 6) is 0. The van der Waals surface area contributed by atoms with E-state index in [1.54, 1.807) is 4.57 Å².